The average Bonchev–Trinajstić information content (AvgIpc) is 2.96. The van der Waals surface area contributed by atoms with Crippen LogP contribution >= 0.6 is 7.26 Å². The lowest BCUT2D eigenvalue weighted by Crippen LogP contribution is -2.01. The van der Waals surface area contributed by atoms with Gasteiger partial charge in [0.15, 0.2) is 0 Å². The molecule has 0 aliphatic carbocycles. The van der Waals surface area contributed by atoms with Crippen molar-refractivity contribution in [2.75, 3.05) is 25.7 Å². The number of nitrogens with zero attached hydrogens (tertiary/aromatic N) is 1. The van der Waals surface area contributed by atoms with E-state index in [0.717, 1.165) is 0 Å². The van der Waals surface area contributed by atoms with Crippen LogP contribution in [0.4, 0.5) is 0 Å². The van der Waals surface area contributed by atoms with Crippen molar-refractivity contribution >= 4 is 7.26 Å². The molecule has 0 bridgehead atoms. The second kappa shape index (κ2) is 37.8. The molecule has 0 aliphatic heterocycles. The summed E-state index contributed by atoms with van der Waals surface area (Å²) in [5.41, 5.74) is 0. The molecule has 0 aromatic rings. The molecule has 0 rings (SSSR count). The summed E-state index contributed by atoms with van der Waals surface area (Å²) in [4.78, 5) is 8.25. The molecule has 0 spiro atoms. The molecule has 0 aromatic carbocycles. The number of hydrogen-bond donors (Lipinski definition) is 0. The van der Waals surface area contributed by atoms with Gasteiger partial charge in [-0.2, -0.15) is 0 Å². The van der Waals surface area contributed by atoms with Gasteiger partial charge in [-0.05, 0) is 25.7 Å². The molecule has 0 heterocycles. The molecule has 0 amide bonds. The van der Waals surface area contributed by atoms with Crippen LogP contribution in [-0.4, -0.2) is 30.7 Å². The van der Waals surface area contributed by atoms with Crippen LogP contribution in [0.3, 0.4) is 0 Å². The van der Waals surface area contributed by atoms with Crippen LogP contribution in [0.5, 0.6) is 0 Å². The highest BCUT2D eigenvalue weighted by molar-refractivity contribution is 7.74. The van der Waals surface area contributed by atoms with Crippen molar-refractivity contribution < 1.29 is 5.09 Å². The van der Waals surface area contributed by atoms with Crippen molar-refractivity contribution in [3.8, 4) is 0 Å². The van der Waals surface area contributed by atoms with Crippen molar-refractivity contribution in [3.05, 3.63) is 15.3 Å². The minimum atomic E-state index is -1.75. The predicted octanol–water partition coefficient (Wildman–Crippen LogP) is 14.5. The monoisotopic (exact) mass is 630 g/mol. The lowest BCUT2D eigenvalue weighted by atomic mass is 10.0. The molecule has 0 N–H and O–H groups in total. The van der Waals surface area contributed by atoms with Crippen molar-refractivity contribution in [2.45, 2.75) is 219 Å². The summed E-state index contributed by atoms with van der Waals surface area (Å²) in [5.74, 6) is 0. The first-order chi connectivity index (χ1) is 20.9. The SMILES string of the molecule is CCCCCCCCCCCCCCCCCC[P+](C)(C)CCCCCCCCCCCCCCCCCC.O=[N+]([O-])[O-]. The van der Waals surface area contributed by atoms with Crippen molar-refractivity contribution in [2.24, 2.45) is 0 Å². The first-order valence-electron chi connectivity index (χ1n) is 19.5. The van der Waals surface area contributed by atoms with E-state index in [4.69, 9.17) is 15.3 Å². The van der Waals surface area contributed by atoms with Gasteiger partial charge in [-0.1, -0.05) is 194 Å². The molecule has 0 aliphatic rings. The largest absolute Gasteiger partial charge is 0.356 e. The maximum Gasteiger partial charge on any atom is 0.0689 e. The standard InChI is InChI=1S/C38H80P.NO3/c1-5-7-9-11-13-15-17-19-21-23-25-27-29-31-33-35-37-39(3,4)38-36-34-32-30-28-26-24-22-20-18-16-14-12-10-8-6-2;2-1(3)4/h5-38H2,1-4H3;/q+1;-1. The summed E-state index contributed by atoms with van der Waals surface area (Å²) in [6.45, 7) is 9.91. The summed E-state index contributed by atoms with van der Waals surface area (Å²) >= 11 is 0. The molecule has 260 valence electrons. The van der Waals surface area contributed by atoms with E-state index >= 15 is 0 Å². The zero-order chi connectivity index (χ0) is 32.1. The Morgan fingerprint density at radius 1 is 0.349 bits per heavy atom. The normalized spacial score (nSPS) is 11.4. The van der Waals surface area contributed by atoms with Crippen LogP contribution in [0, 0.1) is 15.3 Å². The van der Waals surface area contributed by atoms with Gasteiger partial charge in [0.05, 0.1) is 17.4 Å². The van der Waals surface area contributed by atoms with Crippen molar-refractivity contribution in [1.82, 2.24) is 0 Å². The van der Waals surface area contributed by atoms with Crippen LogP contribution in [0.2, 0.25) is 0 Å². The molecular formula is C38H80NO3P. The molecule has 5 heteroatoms. The molecule has 0 radical (unpaired) electrons. The molecule has 0 fully saturated rings. The Hall–Kier alpha value is -0.370. The second-order valence-corrected chi connectivity index (χ2v) is 19.0. The van der Waals surface area contributed by atoms with Crippen LogP contribution in [0.25, 0.3) is 0 Å². The Morgan fingerprint density at radius 3 is 0.651 bits per heavy atom. The molecule has 0 atom stereocenters. The van der Waals surface area contributed by atoms with Gasteiger partial charge in [0.25, 0.3) is 0 Å². The molecule has 0 aromatic heterocycles. The van der Waals surface area contributed by atoms with Gasteiger partial charge in [0.2, 0.25) is 0 Å². The fraction of sp³-hybridized carbons (Fsp3) is 1.00. The third-order valence-electron chi connectivity index (χ3n) is 9.23. The van der Waals surface area contributed by atoms with E-state index in [9.17, 15) is 0 Å². The number of hydrogen-bond acceptors (Lipinski definition) is 3. The Kier molecular flexibility index (Phi) is 39.4. The molecule has 0 saturated carbocycles. The van der Waals surface area contributed by atoms with Crippen LogP contribution in [-0.2, 0) is 0 Å². The minimum absolute atomic E-state index is 0.619. The average molecular weight is 630 g/mol. The lowest BCUT2D eigenvalue weighted by molar-refractivity contribution is -0.402. The molecule has 43 heavy (non-hydrogen) atoms. The van der Waals surface area contributed by atoms with Crippen molar-refractivity contribution in [3.63, 3.8) is 0 Å². The van der Waals surface area contributed by atoms with Crippen molar-refractivity contribution in [1.29, 1.82) is 0 Å². The van der Waals surface area contributed by atoms with Gasteiger partial charge < -0.3 is 15.3 Å². The van der Waals surface area contributed by atoms with Crippen LogP contribution in [0.1, 0.15) is 219 Å². The zero-order valence-corrected chi connectivity index (χ0v) is 31.1. The van der Waals surface area contributed by atoms with E-state index in [-0.39, 0.29) is 0 Å². The van der Waals surface area contributed by atoms with Gasteiger partial charge in [0, 0.05) is 20.6 Å². The summed E-state index contributed by atoms with van der Waals surface area (Å²) < 4.78 is 0. The van der Waals surface area contributed by atoms with Gasteiger partial charge in [-0.25, -0.2) is 0 Å². The highest BCUT2D eigenvalue weighted by atomic mass is 31.2. The Bertz CT molecular complexity index is 487. The highest BCUT2D eigenvalue weighted by Gasteiger charge is 2.23. The van der Waals surface area contributed by atoms with Gasteiger partial charge in [-0.15, -0.1) is 0 Å². The van der Waals surface area contributed by atoms with E-state index in [0.29, 0.717) is 0 Å². The van der Waals surface area contributed by atoms with Gasteiger partial charge >= 0.3 is 0 Å². The van der Waals surface area contributed by atoms with E-state index in [2.05, 4.69) is 27.2 Å². The van der Waals surface area contributed by atoms with E-state index in [1.165, 1.54) is 205 Å². The van der Waals surface area contributed by atoms with E-state index in [1.807, 2.05) is 0 Å². The first-order valence-corrected chi connectivity index (χ1v) is 22.5. The van der Waals surface area contributed by atoms with Gasteiger partial charge in [-0.3, -0.25) is 0 Å². The van der Waals surface area contributed by atoms with Crippen LogP contribution < -0.4 is 0 Å². The molecule has 0 unspecified atom stereocenters. The van der Waals surface area contributed by atoms with E-state index < -0.39 is 12.3 Å². The maximum atomic E-state index is 8.25. The lowest BCUT2D eigenvalue weighted by Gasteiger charge is -2.18. The molecule has 4 nitrogen and oxygen atoms in total. The maximum absolute atomic E-state index is 8.25. The highest BCUT2D eigenvalue weighted by Crippen LogP contribution is 2.52. The summed E-state index contributed by atoms with van der Waals surface area (Å²) in [6, 6.07) is 0. The quantitative estimate of drug-likeness (QED) is 0.0308. The topological polar surface area (TPSA) is 66.2 Å². The predicted molar refractivity (Wildman–Crippen MR) is 198 cm³/mol. The van der Waals surface area contributed by atoms with E-state index in [1.54, 1.807) is 12.3 Å². The fourth-order valence-electron chi connectivity index (χ4n) is 6.29. The van der Waals surface area contributed by atoms with Gasteiger partial charge in [0.1, 0.15) is 0 Å². The Morgan fingerprint density at radius 2 is 0.488 bits per heavy atom. The second-order valence-electron chi connectivity index (χ2n) is 14.2. The smallest absolute Gasteiger partial charge is 0.0689 e. The first kappa shape index (κ1) is 44.8. The summed E-state index contributed by atoms with van der Waals surface area (Å²) in [7, 11) is -0.619. The molecule has 0 saturated heterocycles. The molecular weight excluding hydrogens is 549 g/mol. The Balaban J connectivity index is 0. The fourth-order valence-corrected chi connectivity index (χ4v) is 8.67. The van der Waals surface area contributed by atoms with Crippen LogP contribution in [0.15, 0.2) is 0 Å². The number of rotatable bonds is 34. The summed E-state index contributed by atoms with van der Waals surface area (Å²) in [6.07, 6.45) is 50.5. The summed E-state index contributed by atoms with van der Waals surface area (Å²) in [5, 5.41) is 14.8. The zero-order valence-electron chi connectivity index (χ0n) is 30.2. The number of unbranched alkanes of at least 4 members (excludes halogenated alkanes) is 30. The third-order valence-corrected chi connectivity index (χ3v) is 12.3. The Labute approximate surface area is 272 Å². The third kappa shape index (κ3) is 46.2. The minimum Gasteiger partial charge on any atom is -0.356 e.